The second-order valence-electron chi connectivity index (χ2n) is 3.26. The van der Waals surface area contributed by atoms with E-state index in [9.17, 15) is 8.78 Å². The first-order valence-electron chi connectivity index (χ1n) is 4.50. The molecular formula is C10H13BrF2. The average molecular weight is 251 g/mol. The lowest BCUT2D eigenvalue weighted by Gasteiger charge is -2.10. The van der Waals surface area contributed by atoms with Gasteiger partial charge in [0.15, 0.2) is 0 Å². The SMILES string of the molecule is FC(F)(Br)/C=C/CC1=CCCCC1. The number of allylic oxidation sites excluding steroid dienone is 4. The third kappa shape index (κ3) is 5.19. The number of halogens is 3. The molecule has 0 radical (unpaired) electrons. The summed E-state index contributed by atoms with van der Waals surface area (Å²) >= 11 is 2.26. The zero-order valence-electron chi connectivity index (χ0n) is 7.40. The van der Waals surface area contributed by atoms with E-state index in [-0.39, 0.29) is 0 Å². The van der Waals surface area contributed by atoms with Gasteiger partial charge in [-0.15, -0.1) is 0 Å². The van der Waals surface area contributed by atoms with Crippen LogP contribution < -0.4 is 0 Å². The highest BCUT2D eigenvalue weighted by Crippen LogP contribution is 2.25. The Morgan fingerprint density at radius 1 is 1.46 bits per heavy atom. The molecule has 0 aromatic heterocycles. The molecule has 0 saturated carbocycles. The summed E-state index contributed by atoms with van der Waals surface area (Å²) in [5.74, 6) is 0. The normalized spacial score (nSPS) is 19.2. The van der Waals surface area contributed by atoms with Gasteiger partial charge in [0.25, 0.3) is 0 Å². The van der Waals surface area contributed by atoms with Crippen LogP contribution in [0.3, 0.4) is 0 Å². The van der Waals surface area contributed by atoms with Crippen molar-refractivity contribution in [2.45, 2.75) is 36.9 Å². The van der Waals surface area contributed by atoms with Gasteiger partial charge in [-0.05, 0) is 54.1 Å². The summed E-state index contributed by atoms with van der Waals surface area (Å²) in [6.07, 6.45) is 9.88. The fourth-order valence-electron chi connectivity index (χ4n) is 1.43. The predicted molar refractivity (Wildman–Crippen MR) is 54.2 cm³/mol. The fourth-order valence-corrected chi connectivity index (χ4v) is 1.62. The summed E-state index contributed by atoms with van der Waals surface area (Å²) in [6, 6.07) is 0. The maximum Gasteiger partial charge on any atom is 0.319 e. The van der Waals surface area contributed by atoms with Gasteiger partial charge in [0.1, 0.15) is 0 Å². The zero-order valence-corrected chi connectivity index (χ0v) is 8.99. The molecule has 0 spiro atoms. The third-order valence-corrected chi connectivity index (χ3v) is 2.34. The van der Waals surface area contributed by atoms with Crippen molar-refractivity contribution in [3.8, 4) is 0 Å². The quantitative estimate of drug-likeness (QED) is 0.514. The molecule has 0 fully saturated rings. The Bertz CT molecular complexity index is 213. The van der Waals surface area contributed by atoms with E-state index in [0.717, 1.165) is 18.9 Å². The molecule has 0 unspecified atom stereocenters. The Balaban J connectivity index is 2.33. The minimum Gasteiger partial charge on any atom is -0.189 e. The fraction of sp³-hybridized carbons (Fsp3) is 0.600. The molecule has 0 aromatic carbocycles. The van der Waals surface area contributed by atoms with Crippen LogP contribution in [-0.4, -0.2) is 4.83 Å². The largest absolute Gasteiger partial charge is 0.319 e. The highest BCUT2D eigenvalue weighted by Gasteiger charge is 2.17. The highest BCUT2D eigenvalue weighted by molar-refractivity contribution is 9.10. The van der Waals surface area contributed by atoms with E-state index in [1.165, 1.54) is 24.5 Å². The second kappa shape index (κ2) is 4.89. The third-order valence-electron chi connectivity index (χ3n) is 2.07. The van der Waals surface area contributed by atoms with Crippen molar-refractivity contribution in [3.63, 3.8) is 0 Å². The molecule has 1 aliphatic carbocycles. The van der Waals surface area contributed by atoms with E-state index < -0.39 is 4.83 Å². The number of hydrogen-bond donors (Lipinski definition) is 0. The topological polar surface area (TPSA) is 0 Å². The highest BCUT2D eigenvalue weighted by atomic mass is 79.9. The first kappa shape index (κ1) is 10.9. The predicted octanol–water partition coefficient (Wildman–Crippen LogP) is 4.42. The van der Waals surface area contributed by atoms with Crippen molar-refractivity contribution in [1.82, 2.24) is 0 Å². The molecule has 13 heavy (non-hydrogen) atoms. The lowest BCUT2D eigenvalue weighted by Crippen LogP contribution is -1.98. The van der Waals surface area contributed by atoms with Crippen LogP contribution in [0.15, 0.2) is 23.8 Å². The summed E-state index contributed by atoms with van der Waals surface area (Å²) in [6.45, 7) is 0. The molecule has 0 nitrogen and oxygen atoms in total. The molecule has 0 aliphatic heterocycles. The van der Waals surface area contributed by atoms with Gasteiger partial charge in [-0.1, -0.05) is 17.7 Å². The number of rotatable bonds is 3. The van der Waals surface area contributed by atoms with Crippen molar-refractivity contribution < 1.29 is 8.78 Å². The van der Waals surface area contributed by atoms with Crippen LogP contribution in [0.2, 0.25) is 0 Å². The van der Waals surface area contributed by atoms with E-state index in [4.69, 9.17) is 0 Å². The van der Waals surface area contributed by atoms with Gasteiger partial charge in [0.2, 0.25) is 0 Å². The van der Waals surface area contributed by atoms with Crippen molar-refractivity contribution in [1.29, 1.82) is 0 Å². The summed E-state index contributed by atoms with van der Waals surface area (Å²) in [7, 11) is 0. The monoisotopic (exact) mass is 250 g/mol. The van der Waals surface area contributed by atoms with Gasteiger partial charge in [-0.3, -0.25) is 0 Å². The standard InChI is InChI=1S/C10H13BrF2/c11-10(12,13)8-4-7-9-5-2-1-3-6-9/h4-5,8H,1-3,6-7H2/b8-4+. The van der Waals surface area contributed by atoms with E-state index in [2.05, 4.69) is 22.0 Å². The lowest BCUT2D eigenvalue weighted by atomic mass is 9.97. The van der Waals surface area contributed by atoms with Crippen LogP contribution in [0.4, 0.5) is 8.78 Å². The Morgan fingerprint density at radius 2 is 2.23 bits per heavy atom. The van der Waals surface area contributed by atoms with Crippen LogP contribution in [-0.2, 0) is 0 Å². The molecular weight excluding hydrogens is 238 g/mol. The molecule has 0 bridgehead atoms. The second-order valence-corrected chi connectivity index (χ2v) is 4.31. The summed E-state index contributed by atoms with van der Waals surface area (Å²) in [5.41, 5.74) is 1.29. The Kier molecular flexibility index (Phi) is 4.10. The minimum atomic E-state index is -2.85. The molecule has 0 aromatic rings. The molecule has 1 rings (SSSR count). The summed E-state index contributed by atoms with van der Waals surface area (Å²) in [4.78, 5) is -2.85. The summed E-state index contributed by atoms with van der Waals surface area (Å²) < 4.78 is 24.6. The van der Waals surface area contributed by atoms with E-state index in [1.807, 2.05) is 0 Å². The van der Waals surface area contributed by atoms with Gasteiger partial charge in [0.05, 0.1) is 0 Å². The minimum absolute atomic E-state index is 0.668. The first-order valence-corrected chi connectivity index (χ1v) is 5.29. The van der Waals surface area contributed by atoms with Gasteiger partial charge in [-0.25, -0.2) is 0 Å². The molecule has 0 atom stereocenters. The van der Waals surface area contributed by atoms with Crippen LogP contribution in [0, 0.1) is 0 Å². The van der Waals surface area contributed by atoms with Gasteiger partial charge in [-0.2, -0.15) is 8.78 Å². The Hall–Kier alpha value is -0.180. The van der Waals surface area contributed by atoms with Crippen LogP contribution >= 0.6 is 15.9 Å². The maximum absolute atomic E-state index is 12.3. The van der Waals surface area contributed by atoms with Crippen LogP contribution in [0.5, 0.6) is 0 Å². The Labute approximate surface area is 85.8 Å². The Morgan fingerprint density at radius 3 is 2.77 bits per heavy atom. The van der Waals surface area contributed by atoms with Crippen LogP contribution in [0.25, 0.3) is 0 Å². The van der Waals surface area contributed by atoms with Crippen LogP contribution in [0.1, 0.15) is 32.1 Å². The summed E-state index contributed by atoms with van der Waals surface area (Å²) in [5, 5.41) is 0. The van der Waals surface area contributed by atoms with Crippen molar-refractivity contribution >= 4 is 15.9 Å². The zero-order chi connectivity index (χ0) is 9.73. The maximum atomic E-state index is 12.3. The smallest absolute Gasteiger partial charge is 0.189 e. The molecule has 1 aliphatic rings. The van der Waals surface area contributed by atoms with E-state index >= 15 is 0 Å². The molecule has 3 heteroatoms. The van der Waals surface area contributed by atoms with Crippen molar-refractivity contribution in [2.75, 3.05) is 0 Å². The average Bonchev–Trinajstić information content (AvgIpc) is 2.04. The van der Waals surface area contributed by atoms with Crippen molar-refractivity contribution in [3.05, 3.63) is 23.8 Å². The van der Waals surface area contributed by atoms with Gasteiger partial charge in [0, 0.05) is 0 Å². The first-order chi connectivity index (χ1) is 6.08. The van der Waals surface area contributed by atoms with Crippen molar-refractivity contribution in [2.24, 2.45) is 0 Å². The number of hydrogen-bond acceptors (Lipinski definition) is 0. The van der Waals surface area contributed by atoms with Gasteiger partial charge >= 0.3 is 4.83 Å². The molecule has 0 amide bonds. The van der Waals surface area contributed by atoms with E-state index in [1.54, 1.807) is 0 Å². The van der Waals surface area contributed by atoms with E-state index in [0.29, 0.717) is 6.42 Å². The molecule has 0 N–H and O–H groups in total. The lowest BCUT2D eigenvalue weighted by molar-refractivity contribution is 0.171. The molecule has 74 valence electrons. The number of alkyl halides is 3. The molecule has 0 saturated heterocycles. The molecule has 0 heterocycles. The van der Waals surface area contributed by atoms with Gasteiger partial charge < -0.3 is 0 Å².